The number of aromatic nitrogens is 4. The summed E-state index contributed by atoms with van der Waals surface area (Å²) in [5.74, 6) is -0.0476. The van der Waals surface area contributed by atoms with Crippen molar-refractivity contribution >= 4 is 31.4 Å². The topological polar surface area (TPSA) is 142 Å². The molecule has 7 rings (SSSR count). The lowest BCUT2D eigenvalue weighted by Crippen LogP contribution is -2.38. The van der Waals surface area contributed by atoms with Gasteiger partial charge in [-0.1, -0.05) is 48.5 Å². The molecule has 2 aromatic heterocycles. The molecule has 1 unspecified atom stereocenters. The number of hydrogen-bond donors (Lipinski definition) is 2. The highest BCUT2D eigenvalue weighted by Crippen LogP contribution is 2.61. The summed E-state index contributed by atoms with van der Waals surface area (Å²) in [5.41, 5.74) is 2.43. The molecule has 2 aromatic carbocycles. The van der Waals surface area contributed by atoms with Gasteiger partial charge in [0.25, 0.3) is 14.4 Å². The highest BCUT2D eigenvalue weighted by atomic mass is 31.2. The molecule has 4 aromatic rings. The van der Waals surface area contributed by atoms with Crippen LogP contribution in [0.15, 0.2) is 73.3 Å². The van der Waals surface area contributed by atoms with Crippen LogP contribution in [0.25, 0.3) is 11.2 Å². The van der Waals surface area contributed by atoms with E-state index in [0.29, 0.717) is 23.3 Å². The van der Waals surface area contributed by atoms with Crippen LogP contribution in [0.2, 0.25) is 0 Å². The molecule has 3 fully saturated rings. The number of hydrogen-bond acceptors (Lipinski definition) is 11. The van der Waals surface area contributed by atoms with E-state index in [1.807, 2.05) is 24.3 Å². The molecule has 14 heteroatoms. The number of anilines is 1. The van der Waals surface area contributed by atoms with Gasteiger partial charge in [-0.05, 0) is 30.5 Å². The lowest BCUT2D eigenvalue weighted by Gasteiger charge is -2.28. The van der Waals surface area contributed by atoms with Crippen molar-refractivity contribution in [3.8, 4) is 0 Å². The zero-order chi connectivity index (χ0) is 30.8. The molecule has 7 atom stereocenters. The van der Waals surface area contributed by atoms with Crippen LogP contribution in [0.5, 0.6) is 0 Å². The monoisotopic (exact) mass is 634 g/mol. The standard InChI is InChI=1S/C31H35N6O7P/c1-40-15-16-41-27-26(44-45-37-14-8-13-22(37)25(43-45)20-9-4-2-5-10-20)23(17-38)42-31(27)36-19-34-24-28(32-18-33-29(24)36)35-30(39)21-11-6-3-7-12-21/h2-7,9-12,18-19,22-23,25-27,31,38H,8,13-17H2,1H3,(H,32,33,35,39)/t22-,23+,25+,26?,27-,31+,45+/m0/s1. The minimum atomic E-state index is -1.45. The summed E-state index contributed by atoms with van der Waals surface area (Å²) in [6.07, 6.45) is 2.14. The molecule has 45 heavy (non-hydrogen) atoms. The normalized spacial score (nSPS) is 28.1. The molecule has 0 spiro atoms. The van der Waals surface area contributed by atoms with Crippen LogP contribution in [-0.4, -0.2) is 93.0 Å². The fourth-order valence-corrected chi connectivity index (χ4v) is 8.18. The number of fused-ring (bicyclic) bond motifs is 2. The van der Waals surface area contributed by atoms with Crippen LogP contribution in [0.1, 0.15) is 41.1 Å². The third kappa shape index (κ3) is 5.98. The maximum Gasteiger partial charge on any atom is 0.260 e. The summed E-state index contributed by atoms with van der Waals surface area (Å²) in [5, 5.41) is 13.3. The van der Waals surface area contributed by atoms with E-state index in [1.165, 1.54) is 6.33 Å². The van der Waals surface area contributed by atoms with E-state index in [2.05, 4.69) is 37.1 Å². The summed E-state index contributed by atoms with van der Waals surface area (Å²) < 4.78 is 35.4. The number of benzene rings is 2. The van der Waals surface area contributed by atoms with Crippen LogP contribution < -0.4 is 5.32 Å². The molecule has 1 amide bonds. The van der Waals surface area contributed by atoms with E-state index in [4.69, 9.17) is 23.3 Å². The molecule has 236 valence electrons. The van der Waals surface area contributed by atoms with Crippen molar-refractivity contribution in [2.45, 2.75) is 49.5 Å². The molecule has 2 N–H and O–H groups in total. The fourth-order valence-electron chi connectivity index (χ4n) is 6.18. The SMILES string of the molecule is COCCO[C@H]1C(O[P@@]2O[C@H](c3ccccc3)[C@@H]3CCCN32)[C@@H](CO)O[C@H]1n1cnc2c(NC(=O)c3ccccc3)ncnc21. The predicted molar refractivity (Wildman–Crippen MR) is 164 cm³/mol. The largest absolute Gasteiger partial charge is 0.394 e. The number of carbonyl (C=O) groups excluding carboxylic acids is 1. The molecule has 0 aliphatic carbocycles. The first-order valence-electron chi connectivity index (χ1n) is 15.0. The van der Waals surface area contributed by atoms with Crippen molar-refractivity contribution in [1.82, 2.24) is 24.2 Å². The van der Waals surface area contributed by atoms with E-state index in [1.54, 1.807) is 42.3 Å². The molecule has 3 aliphatic rings. The van der Waals surface area contributed by atoms with Gasteiger partial charge in [-0.3, -0.25) is 9.36 Å². The van der Waals surface area contributed by atoms with Gasteiger partial charge < -0.3 is 33.7 Å². The molecule has 5 heterocycles. The molecular formula is C31H35N6O7P. The Balaban J connectivity index is 1.16. The van der Waals surface area contributed by atoms with Gasteiger partial charge in [-0.15, -0.1) is 0 Å². The van der Waals surface area contributed by atoms with Crippen molar-refractivity contribution in [3.63, 3.8) is 0 Å². The summed E-state index contributed by atoms with van der Waals surface area (Å²) in [4.78, 5) is 26.2. The molecule has 13 nitrogen and oxygen atoms in total. The van der Waals surface area contributed by atoms with E-state index in [0.717, 1.165) is 24.9 Å². The number of imidazole rings is 1. The predicted octanol–water partition coefficient (Wildman–Crippen LogP) is 3.85. The highest BCUT2D eigenvalue weighted by Gasteiger charge is 2.53. The van der Waals surface area contributed by atoms with E-state index in [-0.39, 0.29) is 37.1 Å². The van der Waals surface area contributed by atoms with Crippen molar-refractivity contribution in [1.29, 1.82) is 0 Å². The third-order valence-electron chi connectivity index (χ3n) is 8.34. The molecular weight excluding hydrogens is 599 g/mol. The Morgan fingerprint density at radius 1 is 1.07 bits per heavy atom. The summed E-state index contributed by atoms with van der Waals surface area (Å²) in [6.45, 7) is 1.21. The number of methoxy groups -OCH3 is 1. The Bertz CT molecular complexity index is 1600. The smallest absolute Gasteiger partial charge is 0.260 e. The van der Waals surface area contributed by atoms with Crippen LogP contribution >= 0.6 is 8.53 Å². The van der Waals surface area contributed by atoms with Crippen LogP contribution in [0, 0.1) is 0 Å². The Morgan fingerprint density at radius 3 is 2.64 bits per heavy atom. The van der Waals surface area contributed by atoms with Gasteiger partial charge in [-0.25, -0.2) is 19.6 Å². The number of nitrogens with zero attached hydrogens (tertiary/aromatic N) is 5. The second-order valence-electron chi connectivity index (χ2n) is 11.1. The quantitative estimate of drug-likeness (QED) is 0.184. The van der Waals surface area contributed by atoms with Gasteiger partial charge >= 0.3 is 0 Å². The molecule has 0 saturated carbocycles. The van der Waals surface area contributed by atoms with Crippen molar-refractivity contribution in [2.24, 2.45) is 0 Å². The third-order valence-corrected chi connectivity index (χ3v) is 10.1. The van der Waals surface area contributed by atoms with E-state index < -0.39 is 33.1 Å². The maximum absolute atomic E-state index is 12.9. The second kappa shape index (κ2) is 13.5. The van der Waals surface area contributed by atoms with Crippen LogP contribution in [0.4, 0.5) is 5.82 Å². The fraction of sp³-hybridized carbons (Fsp3) is 0.419. The van der Waals surface area contributed by atoms with Crippen molar-refractivity contribution in [2.75, 3.05) is 38.8 Å². The van der Waals surface area contributed by atoms with Gasteiger partial charge in [-0.2, -0.15) is 0 Å². The second-order valence-corrected chi connectivity index (χ2v) is 12.5. The maximum atomic E-state index is 12.9. The number of rotatable bonds is 11. The Kier molecular flexibility index (Phi) is 9.11. The Labute approximate surface area is 261 Å². The average molecular weight is 635 g/mol. The molecule has 0 radical (unpaired) electrons. The van der Waals surface area contributed by atoms with Gasteiger partial charge in [0.05, 0.1) is 26.1 Å². The van der Waals surface area contributed by atoms with Gasteiger partial charge in [0.1, 0.15) is 30.7 Å². The molecule has 0 bridgehead atoms. The summed E-state index contributed by atoms with van der Waals surface area (Å²) in [6, 6.07) is 19.3. The Morgan fingerprint density at radius 2 is 1.87 bits per heavy atom. The minimum absolute atomic E-state index is 0.0998. The lowest BCUT2D eigenvalue weighted by atomic mass is 10.0. The number of aliphatic hydroxyl groups excluding tert-OH is 1. The number of nitrogens with one attached hydrogen (secondary N) is 1. The number of carbonyl (C=O) groups is 1. The average Bonchev–Trinajstić information content (AvgIpc) is 3.86. The zero-order valence-corrected chi connectivity index (χ0v) is 25.6. The zero-order valence-electron chi connectivity index (χ0n) is 24.7. The van der Waals surface area contributed by atoms with Gasteiger partial charge in [0.15, 0.2) is 23.2 Å². The first kappa shape index (κ1) is 30.3. The number of amides is 1. The van der Waals surface area contributed by atoms with E-state index in [9.17, 15) is 9.90 Å². The first-order valence-corrected chi connectivity index (χ1v) is 16.1. The molecule has 3 saturated heterocycles. The Hall–Kier alpha value is -3.39. The highest BCUT2D eigenvalue weighted by molar-refractivity contribution is 7.45. The lowest BCUT2D eigenvalue weighted by molar-refractivity contribution is -0.0776. The number of ether oxygens (including phenoxy) is 3. The van der Waals surface area contributed by atoms with E-state index >= 15 is 0 Å². The first-order chi connectivity index (χ1) is 22.2. The summed E-state index contributed by atoms with van der Waals surface area (Å²) in [7, 11) is 0.154. The van der Waals surface area contributed by atoms with Crippen LogP contribution in [-0.2, 0) is 23.3 Å². The number of aliphatic hydroxyl groups is 1. The van der Waals surface area contributed by atoms with Gasteiger partial charge in [0, 0.05) is 25.3 Å². The van der Waals surface area contributed by atoms with Gasteiger partial charge in [0.2, 0.25) is 0 Å². The van der Waals surface area contributed by atoms with Crippen LogP contribution in [0.3, 0.4) is 0 Å². The summed E-state index contributed by atoms with van der Waals surface area (Å²) >= 11 is 0. The van der Waals surface area contributed by atoms with Crippen molar-refractivity contribution in [3.05, 3.63) is 84.4 Å². The molecule has 3 aliphatic heterocycles. The minimum Gasteiger partial charge on any atom is -0.394 e. The van der Waals surface area contributed by atoms with Crippen molar-refractivity contribution < 1.29 is 33.2 Å².